The number of rotatable bonds is 4. The molecule has 10 heteroatoms. The molecule has 9 nitrogen and oxygen atoms in total. The zero-order valence-corrected chi connectivity index (χ0v) is 17.7. The van der Waals surface area contributed by atoms with E-state index in [-0.39, 0.29) is 34.8 Å². The molecule has 0 spiro atoms. The Bertz CT molecular complexity index is 1120. The molecule has 0 unspecified atom stereocenters. The van der Waals surface area contributed by atoms with Crippen molar-refractivity contribution in [2.45, 2.75) is 18.4 Å². The summed E-state index contributed by atoms with van der Waals surface area (Å²) in [5, 5.41) is 0.227. The van der Waals surface area contributed by atoms with Crippen molar-refractivity contribution in [2.24, 2.45) is 0 Å². The summed E-state index contributed by atoms with van der Waals surface area (Å²) in [4.78, 5) is 27.8. The fraction of sp³-hybridized carbons (Fsp3) is 0.500. The molecule has 162 valence electrons. The number of carbonyl (C=O) groups excluding carboxylic acids is 1. The van der Waals surface area contributed by atoms with Gasteiger partial charge in [0.2, 0.25) is 15.5 Å². The number of aromatic nitrogens is 1. The van der Waals surface area contributed by atoms with Gasteiger partial charge in [0.1, 0.15) is 5.56 Å². The van der Waals surface area contributed by atoms with Crippen molar-refractivity contribution in [3.8, 4) is 0 Å². The average molecular weight is 436 g/mol. The van der Waals surface area contributed by atoms with Crippen LogP contribution in [-0.4, -0.2) is 80.7 Å². The Hall–Kier alpha value is -2.27. The summed E-state index contributed by atoms with van der Waals surface area (Å²) in [5.74, 6) is -0.353. The van der Waals surface area contributed by atoms with Gasteiger partial charge in [0.05, 0.1) is 36.8 Å². The van der Waals surface area contributed by atoms with Gasteiger partial charge < -0.3 is 18.9 Å². The largest absolute Gasteiger partial charge is 0.379 e. The topological polar surface area (TPSA) is 98.2 Å². The first-order chi connectivity index (χ1) is 14.4. The number of pyridine rings is 1. The van der Waals surface area contributed by atoms with E-state index in [1.54, 1.807) is 21.7 Å². The molecule has 2 aromatic rings. The lowest BCUT2D eigenvalue weighted by atomic mass is 10.1. The van der Waals surface area contributed by atoms with Crippen molar-refractivity contribution in [1.82, 2.24) is 13.8 Å². The average Bonchev–Trinajstić information content (AvgIpc) is 2.80. The van der Waals surface area contributed by atoms with Gasteiger partial charge in [0, 0.05) is 44.3 Å². The van der Waals surface area contributed by atoms with Crippen LogP contribution in [0.1, 0.15) is 17.3 Å². The van der Waals surface area contributed by atoms with Crippen LogP contribution in [0.15, 0.2) is 34.1 Å². The van der Waals surface area contributed by atoms with Gasteiger partial charge in [-0.2, -0.15) is 4.31 Å². The number of sulfonamides is 1. The molecule has 0 aliphatic carbocycles. The molecule has 2 fully saturated rings. The lowest BCUT2D eigenvalue weighted by Crippen LogP contribution is -2.42. The number of morpholine rings is 2. The molecule has 2 aliphatic rings. The summed E-state index contributed by atoms with van der Waals surface area (Å²) in [6, 6.07) is 4.55. The van der Waals surface area contributed by atoms with Gasteiger partial charge in [-0.25, -0.2) is 8.42 Å². The highest BCUT2D eigenvalue weighted by Gasteiger charge is 2.28. The lowest BCUT2D eigenvalue weighted by Gasteiger charge is -2.27. The maximum absolute atomic E-state index is 13.2. The van der Waals surface area contributed by atoms with E-state index >= 15 is 0 Å². The molecular formula is C20H25N3O6S. The van der Waals surface area contributed by atoms with Crippen LogP contribution in [0, 0.1) is 0 Å². The van der Waals surface area contributed by atoms with Gasteiger partial charge in [-0.05, 0) is 25.1 Å². The van der Waals surface area contributed by atoms with Crippen LogP contribution < -0.4 is 5.43 Å². The quantitative estimate of drug-likeness (QED) is 0.694. The molecule has 1 amide bonds. The lowest BCUT2D eigenvalue weighted by molar-refractivity contribution is 0.0301. The van der Waals surface area contributed by atoms with Gasteiger partial charge in [0.15, 0.2) is 0 Å². The second-order valence-electron chi connectivity index (χ2n) is 7.26. The van der Waals surface area contributed by atoms with E-state index < -0.39 is 15.5 Å². The van der Waals surface area contributed by atoms with Crippen LogP contribution in [0.3, 0.4) is 0 Å². The summed E-state index contributed by atoms with van der Waals surface area (Å²) in [6.07, 6.45) is 1.57. The summed E-state index contributed by atoms with van der Waals surface area (Å²) in [7, 11) is -3.75. The smallest absolute Gasteiger partial charge is 0.259 e. The number of fused-ring (bicyclic) bond motifs is 1. The van der Waals surface area contributed by atoms with E-state index in [0.717, 1.165) is 0 Å². The van der Waals surface area contributed by atoms with Crippen LogP contribution in [0.5, 0.6) is 0 Å². The zero-order valence-electron chi connectivity index (χ0n) is 16.9. The number of hydrogen-bond acceptors (Lipinski definition) is 6. The molecule has 1 aromatic heterocycles. The third-order valence-corrected chi connectivity index (χ3v) is 7.42. The Morgan fingerprint density at radius 1 is 1.03 bits per heavy atom. The maximum atomic E-state index is 13.2. The van der Waals surface area contributed by atoms with Crippen LogP contribution in [0.4, 0.5) is 0 Å². The fourth-order valence-corrected chi connectivity index (χ4v) is 5.26. The number of ether oxygens (including phenoxy) is 2. The first kappa shape index (κ1) is 21.0. The van der Waals surface area contributed by atoms with E-state index in [4.69, 9.17) is 9.47 Å². The summed E-state index contributed by atoms with van der Waals surface area (Å²) in [6.45, 7) is 5.39. The van der Waals surface area contributed by atoms with Crippen LogP contribution in [-0.2, 0) is 26.0 Å². The molecule has 0 N–H and O–H groups in total. The first-order valence-corrected chi connectivity index (χ1v) is 11.5. The molecule has 0 radical (unpaired) electrons. The third kappa shape index (κ3) is 3.76. The number of nitrogens with zero attached hydrogens (tertiary/aromatic N) is 3. The van der Waals surface area contributed by atoms with Crippen molar-refractivity contribution in [3.63, 3.8) is 0 Å². The van der Waals surface area contributed by atoms with E-state index in [2.05, 4.69) is 0 Å². The predicted molar refractivity (Wildman–Crippen MR) is 110 cm³/mol. The standard InChI is InChI=1S/C20H25N3O6S/c1-2-21-14-17(20(25)22-5-9-28-10-6-22)19(24)16-13-15(3-4-18(16)21)30(26,27)23-7-11-29-12-8-23/h3-4,13-14H,2,5-12H2,1H3. The van der Waals surface area contributed by atoms with Crippen molar-refractivity contribution < 1.29 is 22.7 Å². The summed E-state index contributed by atoms with van der Waals surface area (Å²) >= 11 is 0. The molecular weight excluding hydrogens is 410 g/mol. The highest BCUT2D eigenvalue weighted by atomic mass is 32.2. The SMILES string of the molecule is CCn1cc(C(=O)N2CCOCC2)c(=O)c2cc(S(=O)(=O)N3CCOCC3)ccc21. The monoisotopic (exact) mass is 435 g/mol. The van der Waals surface area contributed by atoms with Crippen LogP contribution in [0.2, 0.25) is 0 Å². The molecule has 2 aliphatic heterocycles. The van der Waals surface area contributed by atoms with Gasteiger partial charge in [-0.15, -0.1) is 0 Å². The Morgan fingerprint density at radius 2 is 1.67 bits per heavy atom. The molecule has 4 rings (SSSR count). The Morgan fingerprint density at radius 3 is 2.30 bits per heavy atom. The number of aryl methyl sites for hydroxylation is 1. The molecule has 0 atom stereocenters. The summed E-state index contributed by atoms with van der Waals surface area (Å²) < 4.78 is 39.8. The minimum absolute atomic E-state index is 0.0483. The van der Waals surface area contributed by atoms with Crippen LogP contribution >= 0.6 is 0 Å². The molecule has 3 heterocycles. The second kappa shape index (κ2) is 8.46. The molecule has 0 bridgehead atoms. The first-order valence-electron chi connectivity index (χ1n) is 10.1. The highest BCUT2D eigenvalue weighted by Crippen LogP contribution is 2.22. The number of benzene rings is 1. The summed E-state index contributed by atoms with van der Waals surface area (Å²) in [5.41, 5.74) is 0.194. The van der Waals surface area contributed by atoms with Gasteiger partial charge in [0.25, 0.3) is 5.91 Å². The van der Waals surface area contributed by atoms with E-state index in [0.29, 0.717) is 51.6 Å². The Labute approximate surface area is 174 Å². The molecule has 0 saturated carbocycles. The van der Waals surface area contributed by atoms with Crippen molar-refractivity contribution in [3.05, 3.63) is 40.2 Å². The maximum Gasteiger partial charge on any atom is 0.259 e. The second-order valence-corrected chi connectivity index (χ2v) is 9.20. The Kier molecular flexibility index (Phi) is 5.92. The van der Waals surface area contributed by atoms with Gasteiger partial charge in [-0.3, -0.25) is 9.59 Å². The minimum Gasteiger partial charge on any atom is -0.379 e. The number of carbonyl (C=O) groups is 1. The van der Waals surface area contributed by atoms with E-state index in [1.165, 1.54) is 16.4 Å². The van der Waals surface area contributed by atoms with Crippen molar-refractivity contribution in [1.29, 1.82) is 0 Å². The molecule has 30 heavy (non-hydrogen) atoms. The fourth-order valence-electron chi connectivity index (χ4n) is 3.82. The normalized spacial score (nSPS) is 18.6. The highest BCUT2D eigenvalue weighted by molar-refractivity contribution is 7.89. The van der Waals surface area contributed by atoms with E-state index in [9.17, 15) is 18.0 Å². The van der Waals surface area contributed by atoms with Gasteiger partial charge >= 0.3 is 0 Å². The van der Waals surface area contributed by atoms with Crippen molar-refractivity contribution in [2.75, 3.05) is 52.6 Å². The van der Waals surface area contributed by atoms with E-state index in [1.807, 2.05) is 6.92 Å². The number of amides is 1. The molecule has 2 saturated heterocycles. The zero-order chi connectivity index (χ0) is 21.3. The predicted octanol–water partition coefficient (Wildman–Crippen LogP) is 0.515. The van der Waals surface area contributed by atoms with Crippen LogP contribution in [0.25, 0.3) is 10.9 Å². The molecule has 1 aromatic carbocycles. The Balaban J connectivity index is 1.81. The minimum atomic E-state index is -3.75. The number of hydrogen-bond donors (Lipinski definition) is 0. The third-order valence-electron chi connectivity index (χ3n) is 5.53. The van der Waals surface area contributed by atoms with Crippen molar-refractivity contribution >= 4 is 26.8 Å². The van der Waals surface area contributed by atoms with Gasteiger partial charge in [-0.1, -0.05) is 0 Å².